The molecule has 8 heteroatoms. The minimum Gasteiger partial charge on any atom is -0.497 e. The van der Waals surface area contributed by atoms with E-state index in [1.165, 1.54) is 20.3 Å². The van der Waals surface area contributed by atoms with Crippen molar-refractivity contribution >= 4 is 22.4 Å². The highest BCUT2D eigenvalue weighted by atomic mass is 35.5. The molecule has 1 aromatic carbocycles. The lowest BCUT2D eigenvalue weighted by molar-refractivity contribution is 0.238. The van der Waals surface area contributed by atoms with Gasteiger partial charge in [-0.05, 0) is 36.9 Å². The van der Waals surface area contributed by atoms with Crippen LogP contribution in [-0.4, -0.2) is 42.3 Å². The summed E-state index contributed by atoms with van der Waals surface area (Å²) in [6.07, 6.45) is 2.05. The van der Waals surface area contributed by atoms with Gasteiger partial charge in [0, 0.05) is 19.2 Å². The third-order valence-corrected chi connectivity index (χ3v) is 5.46. The Balaban J connectivity index is 0.00000264. The van der Waals surface area contributed by atoms with Crippen molar-refractivity contribution in [1.29, 1.82) is 0 Å². The van der Waals surface area contributed by atoms with Gasteiger partial charge in [-0.2, -0.15) is 0 Å². The molecule has 0 spiro atoms. The fraction of sp³-hybridized carbons (Fsp3) is 0.600. The van der Waals surface area contributed by atoms with Crippen LogP contribution in [0.4, 0.5) is 0 Å². The maximum Gasteiger partial charge on any atom is 0.244 e. The summed E-state index contributed by atoms with van der Waals surface area (Å²) in [5.74, 6) is 0.784. The van der Waals surface area contributed by atoms with E-state index in [2.05, 4.69) is 17.0 Å². The van der Waals surface area contributed by atoms with Crippen molar-refractivity contribution in [2.24, 2.45) is 5.41 Å². The molecule has 0 radical (unpaired) electrons. The first kappa shape index (κ1) is 20.0. The summed E-state index contributed by atoms with van der Waals surface area (Å²) in [5, 5.41) is 3.31. The molecule has 1 aromatic rings. The monoisotopic (exact) mass is 364 g/mol. The van der Waals surface area contributed by atoms with Crippen molar-refractivity contribution in [3.05, 3.63) is 18.2 Å². The van der Waals surface area contributed by atoms with Gasteiger partial charge in [0.25, 0.3) is 0 Å². The van der Waals surface area contributed by atoms with E-state index in [1.807, 2.05) is 0 Å². The molecule has 2 N–H and O–H groups in total. The minimum absolute atomic E-state index is 0. The zero-order valence-electron chi connectivity index (χ0n) is 13.7. The van der Waals surface area contributed by atoms with Gasteiger partial charge in [-0.25, -0.2) is 13.1 Å². The van der Waals surface area contributed by atoms with Crippen LogP contribution >= 0.6 is 12.4 Å². The Hall–Kier alpha value is -1.02. The summed E-state index contributed by atoms with van der Waals surface area (Å²) in [4.78, 5) is 0.0988. The van der Waals surface area contributed by atoms with Crippen molar-refractivity contribution < 1.29 is 17.9 Å². The SMILES string of the molecule is COc1ccc(OC)c(S(=O)(=O)NCC2(C)CCCNC2)c1.Cl. The molecule has 0 saturated carbocycles. The standard InChI is InChI=1S/C15H24N2O4S.ClH/c1-15(7-4-8-16-10-15)11-17-22(18,19)14-9-12(20-2)5-6-13(14)21-3;/h5-6,9,16-17H,4,7-8,10-11H2,1-3H3;1H. The third-order valence-electron chi connectivity index (χ3n) is 4.03. The van der Waals surface area contributed by atoms with Crippen LogP contribution in [0, 0.1) is 5.41 Å². The lowest BCUT2D eigenvalue weighted by Crippen LogP contribution is -2.45. The predicted octanol–water partition coefficient (Wildman–Crippen LogP) is 1.79. The van der Waals surface area contributed by atoms with Crippen LogP contribution in [0.1, 0.15) is 19.8 Å². The molecule has 23 heavy (non-hydrogen) atoms. The van der Waals surface area contributed by atoms with Crippen LogP contribution in [-0.2, 0) is 10.0 Å². The number of methoxy groups -OCH3 is 2. The van der Waals surface area contributed by atoms with Crippen molar-refractivity contribution in [2.45, 2.75) is 24.7 Å². The molecule has 1 fully saturated rings. The van der Waals surface area contributed by atoms with Gasteiger partial charge < -0.3 is 14.8 Å². The van der Waals surface area contributed by atoms with Crippen LogP contribution in [0.2, 0.25) is 0 Å². The molecule has 1 aliphatic rings. The summed E-state index contributed by atoms with van der Waals surface area (Å²) in [5.41, 5.74) is -0.0720. The largest absolute Gasteiger partial charge is 0.497 e. The Morgan fingerprint density at radius 3 is 2.61 bits per heavy atom. The fourth-order valence-corrected chi connectivity index (χ4v) is 3.99. The molecule has 1 atom stereocenters. The molecular weight excluding hydrogens is 340 g/mol. The van der Waals surface area contributed by atoms with Crippen LogP contribution in [0.15, 0.2) is 23.1 Å². The Kier molecular flexibility index (Phi) is 7.13. The number of sulfonamides is 1. The first-order valence-electron chi connectivity index (χ1n) is 7.33. The molecule has 1 aliphatic heterocycles. The van der Waals surface area contributed by atoms with Gasteiger partial charge in [0.05, 0.1) is 14.2 Å². The molecule has 0 bridgehead atoms. The topological polar surface area (TPSA) is 76.7 Å². The summed E-state index contributed by atoms with van der Waals surface area (Å²) in [6, 6.07) is 4.74. The first-order valence-corrected chi connectivity index (χ1v) is 8.81. The van der Waals surface area contributed by atoms with E-state index in [0.717, 1.165) is 25.9 Å². The van der Waals surface area contributed by atoms with E-state index in [9.17, 15) is 8.42 Å². The number of rotatable bonds is 6. The van der Waals surface area contributed by atoms with Gasteiger partial charge in [0.2, 0.25) is 10.0 Å². The molecular formula is C15H25ClN2O4S. The number of hydrogen-bond donors (Lipinski definition) is 2. The first-order chi connectivity index (χ1) is 10.4. The number of piperidine rings is 1. The average Bonchev–Trinajstić information content (AvgIpc) is 2.53. The Bertz CT molecular complexity index is 616. The number of halogens is 1. The zero-order chi connectivity index (χ0) is 16.2. The molecule has 0 aliphatic carbocycles. The summed E-state index contributed by atoms with van der Waals surface area (Å²) in [7, 11) is -0.704. The van der Waals surface area contributed by atoms with Crippen LogP contribution in [0.5, 0.6) is 11.5 Å². The molecule has 6 nitrogen and oxygen atoms in total. The summed E-state index contributed by atoms with van der Waals surface area (Å²) >= 11 is 0. The number of hydrogen-bond acceptors (Lipinski definition) is 5. The molecule has 132 valence electrons. The van der Waals surface area contributed by atoms with Gasteiger partial charge in [-0.1, -0.05) is 6.92 Å². The molecule has 1 unspecified atom stereocenters. The number of ether oxygens (including phenoxy) is 2. The van der Waals surface area contributed by atoms with Crippen molar-refractivity contribution in [3.8, 4) is 11.5 Å². The highest BCUT2D eigenvalue weighted by Gasteiger charge is 2.29. The van der Waals surface area contributed by atoms with Crippen molar-refractivity contribution in [3.63, 3.8) is 0 Å². The molecule has 2 rings (SSSR count). The number of nitrogens with one attached hydrogen (secondary N) is 2. The van der Waals surface area contributed by atoms with E-state index in [1.54, 1.807) is 12.1 Å². The average molecular weight is 365 g/mol. The normalized spacial score (nSPS) is 21.3. The lowest BCUT2D eigenvalue weighted by atomic mass is 9.83. The summed E-state index contributed by atoms with van der Waals surface area (Å²) < 4.78 is 38.2. The summed E-state index contributed by atoms with van der Waals surface area (Å²) in [6.45, 7) is 4.28. The lowest BCUT2D eigenvalue weighted by Gasteiger charge is -2.34. The maximum absolute atomic E-state index is 12.6. The van der Waals surface area contributed by atoms with E-state index in [4.69, 9.17) is 9.47 Å². The minimum atomic E-state index is -3.66. The quantitative estimate of drug-likeness (QED) is 0.804. The maximum atomic E-state index is 12.6. The van der Waals surface area contributed by atoms with Crippen LogP contribution < -0.4 is 19.5 Å². The van der Waals surface area contributed by atoms with Gasteiger partial charge >= 0.3 is 0 Å². The molecule has 1 saturated heterocycles. The van der Waals surface area contributed by atoms with Crippen LogP contribution in [0.25, 0.3) is 0 Å². The van der Waals surface area contributed by atoms with Gasteiger partial charge in [-0.15, -0.1) is 12.4 Å². The third kappa shape index (κ3) is 4.97. The van der Waals surface area contributed by atoms with Gasteiger partial charge in [0.15, 0.2) is 0 Å². The van der Waals surface area contributed by atoms with Gasteiger partial charge in [0.1, 0.15) is 16.4 Å². The second-order valence-corrected chi connectivity index (χ2v) is 7.67. The highest BCUT2D eigenvalue weighted by molar-refractivity contribution is 7.89. The highest BCUT2D eigenvalue weighted by Crippen LogP contribution is 2.29. The van der Waals surface area contributed by atoms with Crippen LogP contribution in [0.3, 0.4) is 0 Å². The van der Waals surface area contributed by atoms with Gasteiger partial charge in [-0.3, -0.25) is 0 Å². The molecule has 0 aromatic heterocycles. The zero-order valence-corrected chi connectivity index (χ0v) is 15.4. The Morgan fingerprint density at radius 2 is 2.04 bits per heavy atom. The Labute approximate surface area is 144 Å². The molecule has 0 amide bonds. The smallest absolute Gasteiger partial charge is 0.244 e. The number of benzene rings is 1. The van der Waals surface area contributed by atoms with E-state index in [-0.39, 0.29) is 22.7 Å². The predicted molar refractivity (Wildman–Crippen MR) is 92.2 cm³/mol. The van der Waals surface area contributed by atoms with Crippen molar-refractivity contribution in [1.82, 2.24) is 10.0 Å². The van der Waals surface area contributed by atoms with E-state index >= 15 is 0 Å². The fourth-order valence-electron chi connectivity index (χ4n) is 2.61. The van der Waals surface area contributed by atoms with E-state index < -0.39 is 10.0 Å². The Morgan fingerprint density at radius 1 is 1.30 bits per heavy atom. The second kappa shape index (κ2) is 8.19. The van der Waals surface area contributed by atoms with E-state index in [0.29, 0.717) is 18.0 Å². The van der Waals surface area contributed by atoms with Crippen molar-refractivity contribution in [2.75, 3.05) is 33.9 Å². The molecule has 1 heterocycles. The second-order valence-electron chi connectivity index (χ2n) is 5.93.